The molecule has 0 saturated carbocycles. The van der Waals surface area contributed by atoms with Crippen LogP contribution in [0.3, 0.4) is 0 Å². The molecule has 0 aromatic heterocycles. The minimum Gasteiger partial charge on any atom is -0.381 e. The topological polar surface area (TPSA) is 67.4 Å². The van der Waals surface area contributed by atoms with Crippen LogP contribution in [0.2, 0.25) is 0 Å². The second kappa shape index (κ2) is 12.2. The van der Waals surface area contributed by atoms with Crippen LogP contribution in [0.15, 0.2) is 4.99 Å². The molecular weight excluding hydrogens is 376 g/mol. The number of thioether (sulfide) groups is 1. The molecule has 8 heteroatoms. The normalized spacial score (nSPS) is 27.8. The van der Waals surface area contributed by atoms with Gasteiger partial charge in [-0.1, -0.05) is 0 Å². The lowest BCUT2D eigenvalue weighted by Crippen LogP contribution is -2.60. The molecule has 3 fully saturated rings. The van der Waals surface area contributed by atoms with Gasteiger partial charge in [0.1, 0.15) is 0 Å². The van der Waals surface area contributed by atoms with Crippen molar-refractivity contribution in [3.8, 4) is 0 Å². The van der Waals surface area contributed by atoms with E-state index in [4.69, 9.17) is 14.2 Å². The van der Waals surface area contributed by atoms with E-state index < -0.39 is 0 Å². The number of ether oxygens (including phenoxy) is 3. The first-order chi connectivity index (χ1) is 13.8. The molecule has 162 valence electrons. The molecule has 0 aromatic carbocycles. The molecule has 3 saturated heterocycles. The van der Waals surface area contributed by atoms with Crippen molar-refractivity contribution < 1.29 is 14.2 Å². The van der Waals surface area contributed by atoms with Crippen molar-refractivity contribution in [2.75, 3.05) is 84.4 Å². The van der Waals surface area contributed by atoms with Crippen molar-refractivity contribution in [1.29, 1.82) is 0 Å². The monoisotopic (exact) mass is 414 g/mol. The highest BCUT2D eigenvalue weighted by molar-refractivity contribution is 7.99. The SMILES string of the molecule is CN=C(NCCCOCC1CCOCC1)NCC1(N2CCOCC2)CCSC1. The van der Waals surface area contributed by atoms with Gasteiger partial charge in [-0.05, 0) is 37.4 Å². The van der Waals surface area contributed by atoms with Crippen LogP contribution in [0.1, 0.15) is 25.7 Å². The van der Waals surface area contributed by atoms with E-state index in [9.17, 15) is 0 Å². The van der Waals surface area contributed by atoms with Crippen LogP contribution in [0.25, 0.3) is 0 Å². The first-order valence-electron chi connectivity index (χ1n) is 10.8. The Kier molecular flexibility index (Phi) is 9.67. The Balaban J connectivity index is 1.31. The van der Waals surface area contributed by atoms with Crippen molar-refractivity contribution in [2.45, 2.75) is 31.2 Å². The molecule has 3 aliphatic heterocycles. The fourth-order valence-electron chi connectivity index (χ4n) is 4.15. The number of nitrogens with zero attached hydrogens (tertiary/aromatic N) is 2. The molecule has 3 aliphatic rings. The van der Waals surface area contributed by atoms with Crippen molar-refractivity contribution in [2.24, 2.45) is 10.9 Å². The van der Waals surface area contributed by atoms with Gasteiger partial charge in [-0.2, -0.15) is 11.8 Å². The van der Waals surface area contributed by atoms with E-state index in [0.717, 1.165) is 91.0 Å². The molecule has 3 heterocycles. The Morgan fingerprint density at radius 3 is 2.68 bits per heavy atom. The first-order valence-corrected chi connectivity index (χ1v) is 12.0. The third-order valence-electron chi connectivity index (χ3n) is 6.03. The molecule has 0 radical (unpaired) electrons. The molecule has 0 aromatic rings. The third-order valence-corrected chi connectivity index (χ3v) is 7.26. The zero-order valence-electron chi connectivity index (χ0n) is 17.4. The Hall–Kier alpha value is -0.540. The van der Waals surface area contributed by atoms with Gasteiger partial charge in [0.2, 0.25) is 0 Å². The lowest BCUT2D eigenvalue weighted by atomic mass is 9.95. The van der Waals surface area contributed by atoms with E-state index >= 15 is 0 Å². The van der Waals surface area contributed by atoms with Crippen molar-refractivity contribution in [3.63, 3.8) is 0 Å². The largest absolute Gasteiger partial charge is 0.381 e. The third kappa shape index (κ3) is 6.76. The number of rotatable bonds is 9. The lowest BCUT2D eigenvalue weighted by Gasteiger charge is -2.43. The molecule has 0 aliphatic carbocycles. The number of aliphatic imine (C=N–C) groups is 1. The molecule has 1 unspecified atom stereocenters. The van der Waals surface area contributed by atoms with Crippen LogP contribution in [0.5, 0.6) is 0 Å². The van der Waals surface area contributed by atoms with Gasteiger partial charge in [-0.15, -0.1) is 0 Å². The zero-order valence-corrected chi connectivity index (χ0v) is 18.2. The standard InChI is InChI=1S/C20H38N4O3S/c1-21-19(22-6-2-9-27-15-18-3-10-25-11-4-18)23-16-20(5-14-28-17-20)24-7-12-26-13-8-24/h18H,2-17H2,1H3,(H2,21,22,23). The number of hydrogen-bond acceptors (Lipinski definition) is 6. The number of morpholine rings is 1. The Morgan fingerprint density at radius 1 is 1.18 bits per heavy atom. The summed E-state index contributed by atoms with van der Waals surface area (Å²) < 4.78 is 16.8. The van der Waals surface area contributed by atoms with Gasteiger partial charge in [0, 0.05) is 70.9 Å². The van der Waals surface area contributed by atoms with Gasteiger partial charge in [0.05, 0.1) is 13.2 Å². The van der Waals surface area contributed by atoms with Gasteiger partial charge in [0.25, 0.3) is 0 Å². The second-order valence-corrected chi connectivity index (χ2v) is 9.07. The maximum atomic E-state index is 5.85. The zero-order chi connectivity index (χ0) is 19.5. The highest BCUT2D eigenvalue weighted by atomic mass is 32.2. The molecule has 2 N–H and O–H groups in total. The molecule has 0 bridgehead atoms. The first kappa shape index (κ1) is 22.2. The van der Waals surface area contributed by atoms with Crippen LogP contribution in [0, 0.1) is 5.92 Å². The van der Waals surface area contributed by atoms with Gasteiger partial charge < -0.3 is 24.8 Å². The van der Waals surface area contributed by atoms with Crippen LogP contribution in [0.4, 0.5) is 0 Å². The van der Waals surface area contributed by atoms with Crippen molar-refractivity contribution in [3.05, 3.63) is 0 Å². The number of hydrogen-bond donors (Lipinski definition) is 2. The summed E-state index contributed by atoms with van der Waals surface area (Å²) in [6.45, 7) is 9.07. The van der Waals surface area contributed by atoms with Crippen LogP contribution >= 0.6 is 11.8 Å². The smallest absolute Gasteiger partial charge is 0.191 e. The van der Waals surface area contributed by atoms with E-state index in [0.29, 0.717) is 5.92 Å². The van der Waals surface area contributed by atoms with Crippen molar-refractivity contribution in [1.82, 2.24) is 15.5 Å². The van der Waals surface area contributed by atoms with Gasteiger partial charge in [-0.25, -0.2) is 0 Å². The fraction of sp³-hybridized carbons (Fsp3) is 0.950. The Bertz CT molecular complexity index is 462. The molecule has 1 atom stereocenters. The van der Waals surface area contributed by atoms with Gasteiger partial charge in [-0.3, -0.25) is 9.89 Å². The minimum atomic E-state index is 0.235. The summed E-state index contributed by atoms with van der Waals surface area (Å²) in [6.07, 6.45) is 4.51. The summed E-state index contributed by atoms with van der Waals surface area (Å²) in [5, 5.41) is 7.02. The average Bonchev–Trinajstić information content (AvgIpc) is 3.24. The average molecular weight is 415 g/mol. The molecule has 7 nitrogen and oxygen atoms in total. The predicted molar refractivity (Wildman–Crippen MR) is 115 cm³/mol. The molecule has 0 amide bonds. The van der Waals surface area contributed by atoms with Crippen LogP contribution < -0.4 is 10.6 Å². The van der Waals surface area contributed by atoms with E-state index in [1.54, 1.807) is 0 Å². The molecule has 28 heavy (non-hydrogen) atoms. The van der Waals surface area contributed by atoms with Crippen LogP contribution in [-0.4, -0.2) is 101 Å². The van der Waals surface area contributed by atoms with E-state index in [1.807, 2.05) is 7.05 Å². The summed E-state index contributed by atoms with van der Waals surface area (Å²) >= 11 is 2.07. The number of nitrogens with one attached hydrogen (secondary N) is 2. The minimum absolute atomic E-state index is 0.235. The van der Waals surface area contributed by atoms with Gasteiger partial charge in [0.15, 0.2) is 5.96 Å². The Labute approximate surface area is 174 Å². The van der Waals surface area contributed by atoms with Gasteiger partial charge >= 0.3 is 0 Å². The summed E-state index contributed by atoms with van der Waals surface area (Å²) in [4.78, 5) is 7.03. The summed E-state index contributed by atoms with van der Waals surface area (Å²) in [7, 11) is 1.85. The maximum Gasteiger partial charge on any atom is 0.191 e. The lowest BCUT2D eigenvalue weighted by molar-refractivity contribution is -0.0120. The second-order valence-electron chi connectivity index (χ2n) is 7.96. The predicted octanol–water partition coefficient (Wildman–Crippen LogP) is 1.19. The fourth-order valence-corrected chi connectivity index (χ4v) is 5.63. The maximum absolute atomic E-state index is 5.85. The van der Waals surface area contributed by atoms with E-state index in [-0.39, 0.29) is 5.54 Å². The molecular formula is C20H38N4O3S. The molecule has 3 rings (SSSR count). The highest BCUT2D eigenvalue weighted by Crippen LogP contribution is 2.33. The van der Waals surface area contributed by atoms with E-state index in [2.05, 4.69) is 32.3 Å². The summed E-state index contributed by atoms with van der Waals surface area (Å²) in [6, 6.07) is 0. The highest BCUT2D eigenvalue weighted by Gasteiger charge is 2.40. The number of guanidine groups is 1. The molecule has 0 spiro atoms. The quantitative estimate of drug-likeness (QED) is 0.334. The summed E-state index contributed by atoms with van der Waals surface area (Å²) in [5.41, 5.74) is 0.235. The van der Waals surface area contributed by atoms with E-state index in [1.165, 1.54) is 17.9 Å². The van der Waals surface area contributed by atoms with Crippen molar-refractivity contribution >= 4 is 17.7 Å². The van der Waals surface area contributed by atoms with Crippen LogP contribution in [-0.2, 0) is 14.2 Å². The Morgan fingerprint density at radius 2 is 1.96 bits per heavy atom. The summed E-state index contributed by atoms with van der Waals surface area (Å²) in [5.74, 6) is 4.01.